The Hall–Kier alpha value is -3.06. The zero-order chi connectivity index (χ0) is 23.8. The fourth-order valence-electron chi connectivity index (χ4n) is 6.22. The summed E-state index contributed by atoms with van der Waals surface area (Å²) in [5, 5.41) is 0. The van der Waals surface area contributed by atoms with Gasteiger partial charge in [0.1, 0.15) is 0 Å². The highest BCUT2D eigenvalue weighted by molar-refractivity contribution is 5.95. The number of carbonyl (C=O) groups excluding carboxylic acids is 2. The van der Waals surface area contributed by atoms with Gasteiger partial charge in [-0.15, -0.1) is 0 Å². The van der Waals surface area contributed by atoms with Crippen LogP contribution in [0.1, 0.15) is 47.2 Å². The van der Waals surface area contributed by atoms with E-state index in [0.29, 0.717) is 42.6 Å². The molecule has 7 nitrogen and oxygen atoms in total. The summed E-state index contributed by atoms with van der Waals surface area (Å²) in [4.78, 5) is 33.4. The van der Waals surface area contributed by atoms with Crippen molar-refractivity contribution in [3.8, 4) is 11.5 Å². The van der Waals surface area contributed by atoms with Crippen LogP contribution in [-0.4, -0.2) is 72.1 Å². The lowest BCUT2D eigenvalue weighted by molar-refractivity contribution is -0.141. The molecule has 0 unspecified atom stereocenters. The molecule has 7 heteroatoms. The average molecular weight is 476 g/mol. The molecule has 2 amide bonds. The van der Waals surface area contributed by atoms with Gasteiger partial charge in [0.25, 0.3) is 5.91 Å². The van der Waals surface area contributed by atoms with Crippen LogP contribution in [0, 0.1) is 5.92 Å². The Morgan fingerprint density at radius 1 is 0.829 bits per heavy atom. The second-order valence-corrected chi connectivity index (χ2v) is 10.2. The molecule has 2 aromatic carbocycles. The fourth-order valence-corrected chi connectivity index (χ4v) is 6.22. The van der Waals surface area contributed by atoms with E-state index in [4.69, 9.17) is 9.47 Å². The highest BCUT2D eigenvalue weighted by Crippen LogP contribution is 2.34. The van der Waals surface area contributed by atoms with Crippen LogP contribution in [0.2, 0.25) is 0 Å². The lowest BCUT2D eigenvalue weighted by Crippen LogP contribution is -2.58. The molecule has 184 valence electrons. The fraction of sp³-hybridized carbons (Fsp3) is 0.500. The molecule has 2 aromatic rings. The van der Waals surface area contributed by atoms with E-state index in [9.17, 15) is 9.59 Å². The van der Waals surface area contributed by atoms with E-state index in [1.54, 1.807) is 18.2 Å². The largest absolute Gasteiger partial charge is 0.454 e. The predicted molar refractivity (Wildman–Crippen MR) is 131 cm³/mol. The lowest BCUT2D eigenvalue weighted by atomic mass is 9.92. The van der Waals surface area contributed by atoms with Crippen molar-refractivity contribution in [1.29, 1.82) is 0 Å². The van der Waals surface area contributed by atoms with Crippen LogP contribution < -0.4 is 9.47 Å². The number of rotatable bonds is 4. The van der Waals surface area contributed by atoms with Crippen molar-refractivity contribution in [3.63, 3.8) is 0 Å². The highest BCUT2D eigenvalue weighted by atomic mass is 16.7. The smallest absolute Gasteiger partial charge is 0.254 e. The standard InChI is InChI=1S/C28H33N3O4/c32-27(22-9-10-24-25(17-22)35-19-34-24)30-15-13-29(14-16-30)26(21-6-2-3-7-21)28(33)31-12-11-20-5-1-4-8-23(20)18-31/h1,4-5,8-10,17,21,26H,2-3,6-7,11-16,18-19H2/t26-/m1/s1. The molecule has 0 N–H and O–H groups in total. The monoisotopic (exact) mass is 475 g/mol. The average Bonchev–Trinajstić information content (AvgIpc) is 3.60. The van der Waals surface area contributed by atoms with Crippen LogP contribution in [-0.2, 0) is 17.8 Å². The molecule has 6 rings (SSSR count). The second-order valence-electron chi connectivity index (χ2n) is 10.2. The number of hydrogen-bond acceptors (Lipinski definition) is 5. The van der Waals surface area contributed by atoms with Crippen LogP contribution in [0.25, 0.3) is 0 Å². The number of carbonyl (C=O) groups is 2. The third kappa shape index (κ3) is 4.38. The Kier molecular flexibility index (Phi) is 6.10. The van der Waals surface area contributed by atoms with E-state index < -0.39 is 0 Å². The molecule has 0 radical (unpaired) electrons. The first kappa shape index (κ1) is 22.4. The number of amides is 2. The molecule has 1 aliphatic carbocycles. The minimum Gasteiger partial charge on any atom is -0.454 e. The molecule has 4 aliphatic rings. The van der Waals surface area contributed by atoms with E-state index in [-0.39, 0.29) is 24.6 Å². The maximum atomic E-state index is 13.9. The maximum Gasteiger partial charge on any atom is 0.254 e. The van der Waals surface area contributed by atoms with Crippen molar-refractivity contribution in [2.24, 2.45) is 5.92 Å². The number of piperazine rings is 1. The van der Waals surface area contributed by atoms with Gasteiger partial charge in [0.15, 0.2) is 11.5 Å². The molecule has 35 heavy (non-hydrogen) atoms. The highest BCUT2D eigenvalue weighted by Gasteiger charge is 2.40. The topological polar surface area (TPSA) is 62.3 Å². The van der Waals surface area contributed by atoms with Gasteiger partial charge >= 0.3 is 0 Å². The number of benzene rings is 2. The second kappa shape index (κ2) is 9.53. The molecule has 3 heterocycles. The predicted octanol–water partition coefficient (Wildman–Crippen LogP) is 3.32. The van der Waals surface area contributed by atoms with Crippen LogP contribution in [0.3, 0.4) is 0 Å². The van der Waals surface area contributed by atoms with Gasteiger partial charge in [0, 0.05) is 44.8 Å². The van der Waals surface area contributed by atoms with Gasteiger partial charge in [-0.1, -0.05) is 37.1 Å². The van der Waals surface area contributed by atoms with Crippen LogP contribution >= 0.6 is 0 Å². The van der Waals surface area contributed by atoms with Gasteiger partial charge < -0.3 is 19.3 Å². The molecular formula is C28H33N3O4. The maximum absolute atomic E-state index is 13.9. The van der Waals surface area contributed by atoms with Crippen LogP contribution in [0.4, 0.5) is 0 Å². The summed E-state index contributed by atoms with van der Waals surface area (Å²) in [5.41, 5.74) is 3.26. The lowest BCUT2D eigenvalue weighted by Gasteiger charge is -2.43. The SMILES string of the molecule is O=C(c1ccc2c(c1)OCO2)N1CCN([C@@H](C(=O)N2CCc3ccccc3C2)C2CCCC2)CC1. The van der Waals surface area contributed by atoms with Gasteiger partial charge in [-0.25, -0.2) is 0 Å². The van der Waals surface area contributed by atoms with Gasteiger partial charge in [-0.3, -0.25) is 14.5 Å². The third-order valence-electron chi connectivity index (χ3n) is 8.16. The van der Waals surface area contributed by atoms with Crippen LogP contribution in [0.15, 0.2) is 42.5 Å². The molecule has 0 spiro atoms. The summed E-state index contributed by atoms with van der Waals surface area (Å²) in [6.45, 7) is 4.42. The van der Waals surface area contributed by atoms with Gasteiger partial charge in [-0.2, -0.15) is 0 Å². The Morgan fingerprint density at radius 2 is 1.57 bits per heavy atom. The molecule has 1 saturated heterocycles. The first-order valence-corrected chi connectivity index (χ1v) is 13.0. The molecule has 1 atom stereocenters. The van der Waals surface area contributed by atoms with E-state index in [2.05, 4.69) is 34.1 Å². The van der Waals surface area contributed by atoms with Gasteiger partial charge in [-0.05, 0) is 54.5 Å². The summed E-state index contributed by atoms with van der Waals surface area (Å²) in [6.07, 6.45) is 5.59. The number of hydrogen-bond donors (Lipinski definition) is 0. The van der Waals surface area contributed by atoms with Crippen LogP contribution in [0.5, 0.6) is 11.5 Å². The van der Waals surface area contributed by atoms with E-state index >= 15 is 0 Å². The number of ether oxygens (including phenoxy) is 2. The number of nitrogens with zero attached hydrogens (tertiary/aromatic N) is 3. The summed E-state index contributed by atoms with van der Waals surface area (Å²) in [5.74, 6) is 2.02. The first-order chi connectivity index (χ1) is 17.2. The summed E-state index contributed by atoms with van der Waals surface area (Å²) in [7, 11) is 0. The normalized spacial score (nSPS) is 21.1. The van der Waals surface area contributed by atoms with E-state index in [1.165, 1.54) is 24.0 Å². The first-order valence-electron chi connectivity index (χ1n) is 13.0. The molecule has 3 aliphatic heterocycles. The van der Waals surface area contributed by atoms with Gasteiger partial charge in [0.05, 0.1) is 6.04 Å². The van der Waals surface area contributed by atoms with Gasteiger partial charge in [0.2, 0.25) is 12.7 Å². The molecule has 1 saturated carbocycles. The minimum absolute atomic E-state index is 0.0133. The zero-order valence-electron chi connectivity index (χ0n) is 20.2. The van der Waals surface area contributed by atoms with Crippen molar-refractivity contribution < 1.29 is 19.1 Å². The minimum atomic E-state index is -0.0782. The molecule has 0 aromatic heterocycles. The molecular weight excluding hydrogens is 442 g/mol. The Balaban J connectivity index is 1.14. The Bertz CT molecular complexity index is 1110. The summed E-state index contributed by atoms with van der Waals surface area (Å²) in [6, 6.07) is 13.8. The molecule has 2 fully saturated rings. The molecule has 0 bridgehead atoms. The van der Waals surface area contributed by atoms with Crippen molar-refractivity contribution in [2.45, 2.75) is 44.7 Å². The number of fused-ring (bicyclic) bond motifs is 2. The Morgan fingerprint density at radius 3 is 2.37 bits per heavy atom. The third-order valence-corrected chi connectivity index (χ3v) is 8.16. The van der Waals surface area contributed by atoms with E-state index in [0.717, 1.165) is 38.9 Å². The van der Waals surface area contributed by atoms with Crippen molar-refractivity contribution in [3.05, 3.63) is 59.2 Å². The van der Waals surface area contributed by atoms with Crippen molar-refractivity contribution in [2.75, 3.05) is 39.5 Å². The van der Waals surface area contributed by atoms with E-state index in [1.807, 2.05) is 4.90 Å². The zero-order valence-corrected chi connectivity index (χ0v) is 20.2. The van der Waals surface area contributed by atoms with Crippen molar-refractivity contribution in [1.82, 2.24) is 14.7 Å². The Labute approximate surface area is 206 Å². The summed E-state index contributed by atoms with van der Waals surface area (Å²) < 4.78 is 10.8. The van der Waals surface area contributed by atoms with Crippen molar-refractivity contribution >= 4 is 11.8 Å². The quantitative estimate of drug-likeness (QED) is 0.679. The summed E-state index contributed by atoms with van der Waals surface area (Å²) >= 11 is 0.